The lowest BCUT2D eigenvalue weighted by Gasteiger charge is -2.14. The Morgan fingerprint density at radius 2 is 1.89 bits per heavy atom. The number of thioether (sulfide) groups is 1. The van der Waals surface area contributed by atoms with Crippen LogP contribution in [0.25, 0.3) is 6.08 Å². The number of amidine groups is 1. The van der Waals surface area contributed by atoms with Crippen LogP contribution in [-0.4, -0.2) is 22.5 Å². The van der Waals surface area contributed by atoms with Gasteiger partial charge in [0, 0.05) is 16.6 Å². The summed E-state index contributed by atoms with van der Waals surface area (Å²) in [5.41, 5.74) is 2.78. The molecule has 1 aliphatic rings. The molecule has 3 nitrogen and oxygen atoms in total. The third-order valence-electron chi connectivity index (χ3n) is 4.13. The van der Waals surface area contributed by atoms with E-state index in [1.807, 2.05) is 43.3 Å². The molecule has 0 aliphatic carbocycles. The van der Waals surface area contributed by atoms with Crippen molar-refractivity contribution in [3.8, 4) is 0 Å². The Bertz CT molecular complexity index is 907. The molecule has 0 saturated carbocycles. The molecule has 0 atom stereocenters. The second-order valence-electron chi connectivity index (χ2n) is 6.32. The number of unbranched alkanes of at least 4 members (excludes halogenated alkanes) is 1. The molecule has 1 aliphatic heterocycles. The van der Waals surface area contributed by atoms with Crippen LogP contribution in [0.15, 0.2) is 52.4 Å². The first-order valence-corrected chi connectivity index (χ1v) is 10.4. The minimum atomic E-state index is -0.0367. The number of carbonyl (C=O) groups is 1. The molecule has 3 rings (SSSR count). The van der Waals surface area contributed by atoms with Gasteiger partial charge in [-0.2, -0.15) is 0 Å². The highest BCUT2D eigenvalue weighted by molar-refractivity contribution is 8.18. The van der Waals surface area contributed by atoms with E-state index in [2.05, 4.69) is 6.92 Å². The number of carbonyl (C=O) groups excluding carboxylic acids is 1. The fourth-order valence-electron chi connectivity index (χ4n) is 2.59. The Morgan fingerprint density at radius 1 is 1.15 bits per heavy atom. The number of rotatable bonds is 5. The van der Waals surface area contributed by atoms with Gasteiger partial charge in [-0.1, -0.05) is 60.3 Å². The van der Waals surface area contributed by atoms with Gasteiger partial charge in [0.05, 0.1) is 10.6 Å². The summed E-state index contributed by atoms with van der Waals surface area (Å²) in [4.78, 5) is 20.0. The number of halogens is 2. The molecule has 0 radical (unpaired) electrons. The van der Waals surface area contributed by atoms with Gasteiger partial charge in [-0.15, -0.1) is 0 Å². The number of hydrogen-bond acceptors (Lipinski definition) is 3. The molecule has 6 heteroatoms. The molecule has 140 valence electrons. The summed E-state index contributed by atoms with van der Waals surface area (Å²) in [6.07, 6.45) is 3.74. The number of hydrogen-bond donors (Lipinski definition) is 0. The summed E-state index contributed by atoms with van der Waals surface area (Å²) in [5, 5.41) is 1.79. The summed E-state index contributed by atoms with van der Waals surface area (Å²) in [6, 6.07) is 13.2. The van der Waals surface area contributed by atoms with E-state index in [4.69, 9.17) is 28.2 Å². The minimum Gasteiger partial charge on any atom is -0.286 e. The highest BCUT2D eigenvalue weighted by atomic mass is 35.5. The van der Waals surface area contributed by atoms with Gasteiger partial charge in [-0.25, -0.2) is 4.99 Å². The molecule has 27 heavy (non-hydrogen) atoms. The normalized spacial score (nSPS) is 17.3. The average Bonchev–Trinajstić information content (AvgIpc) is 2.92. The van der Waals surface area contributed by atoms with E-state index in [1.54, 1.807) is 17.0 Å². The van der Waals surface area contributed by atoms with Gasteiger partial charge in [-0.05, 0) is 61.0 Å². The van der Waals surface area contributed by atoms with Crippen molar-refractivity contribution in [2.75, 3.05) is 6.54 Å². The van der Waals surface area contributed by atoms with Gasteiger partial charge in [0.25, 0.3) is 5.91 Å². The quantitative estimate of drug-likeness (QED) is 0.505. The van der Waals surface area contributed by atoms with Crippen LogP contribution in [0.1, 0.15) is 30.9 Å². The molecular formula is C21H20Cl2N2OS. The molecule has 0 spiro atoms. The number of benzene rings is 2. The number of amides is 1. The predicted molar refractivity (Wildman–Crippen MR) is 117 cm³/mol. The fraction of sp³-hybridized carbons (Fsp3) is 0.238. The Balaban J connectivity index is 1.94. The second kappa shape index (κ2) is 8.96. The van der Waals surface area contributed by atoms with Crippen molar-refractivity contribution < 1.29 is 4.79 Å². The molecule has 0 aromatic heterocycles. The average molecular weight is 419 g/mol. The van der Waals surface area contributed by atoms with E-state index in [1.165, 1.54) is 17.3 Å². The maximum atomic E-state index is 12.9. The Hall–Kier alpha value is -1.75. The zero-order valence-electron chi connectivity index (χ0n) is 15.2. The van der Waals surface area contributed by atoms with Crippen LogP contribution in [0, 0.1) is 6.92 Å². The molecule has 1 fully saturated rings. The van der Waals surface area contributed by atoms with Crippen LogP contribution in [0.3, 0.4) is 0 Å². The highest BCUT2D eigenvalue weighted by Gasteiger charge is 2.33. The van der Waals surface area contributed by atoms with Crippen LogP contribution in [0.2, 0.25) is 10.0 Å². The Kier molecular flexibility index (Phi) is 6.64. The van der Waals surface area contributed by atoms with Crippen molar-refractivity contribution in [1.29, 1.82) is 0 Å². The molecule has 1 amide bonds. The lowest BCUT2D eigenvalue weighted by Crippen LogP contribution is -2.30. The first kappa shape index (κ1) is 20.0. The summed E-state index contributed by atoms with van der Waals surface area (Å²) in [5.74, 6) is -0.0367. The van der Waals surface area contributed by atoms with Crippen molar-refractivity contribution in [1.82, 2.24) is 4.90 Å². The van der Waals surface area contributed by atoms with E-state index < -0.39 is 0 Å². The summed E-state index contributed by atoms with van der Waals surface area (Å²) in [7, 11) is 0. The summed E-state index contributed by atoms with van der Waals surface area (Å²) in [6.45, 7) is 4.79. The van der Waals surface area contributed by atoms with Crippen molar-refractivity contribution >= 4 is 57.8 Å². The van der Waals surface area contributed by atoms with Gasteiger partial charge in [0.2, 0.25) is 0 Å². The number of nitrogens with zero attached hydrogens (tertiary/aromatic N) is 2. The molecule has 1 saturated heterocycles. The standard InChI is InChI=1S/C21H20Cl2N2OS/c1-3-4-11-25-20(26)19(12-15-7-8-16(22)13-18(15)23)27-21(25)24-17-9-5-14(2)6-10-17/h5-10,12-13H,3-4,11H2,1-2H3/b19-12+,24-21?. The zero-order valence-corrected chi connectivity index (χ0v) is 17.5. The molecule has 2 aromatic rings. The molecule has 0 unspecified atom stereocenters. The van der Waals surface area contributed by atoms with Crippen LogP contribution in [-0.2, 0) is 4.79 Å². The van der Waals surface area contributed by atoms with E-state index in [0.717, 1.165) is 24.1 Å². The number of aliphatic imine (C=N–C) groups is 1. The van der Waals surface area contributed by atoms with Crippen molar-refractivity contribution in [2.24, 2.45) is 4.99 Å². The largest absolute Gasteiger partial charge is 0.286 e. The van der Waals surface area contributed by atoms with Crippen LogP contribution in [0.4, 0.5) is 5.69 Å². The third-order valence-corrected chi connectivity index (χ3v) is 5.70. The minimum absolute atomic E-state index is 0.0367. The van der Waals surface area contributed by atoms with E-state index in [9.17, 15) is 4.79 Å². The topological polar surface area (TPSA) is 32.7 Å². The molecule has 0 N–H and O–H groups in total. The molecule has 2 aromatic carbocycles. The first-order valence-electron chi connectivity index (χ1n) is 8.79. The maximum absolute atomic E-state index is 12.9. The van der Waals surface area contributed by atoms with Gasteiger partial charge in [-0.3, -0.25) is 9.69 Å². The fourth-order valence-corrected chi connectivity index (χ4v) is 4.07. The molecular weight excluding hydrogens is 399 g/mol. The van der Waals surface area contributed by atoms with Crippen molar-refractivity contribution in [3.63, 3.8) is 0 Å². The van der Waals surface area contributed by atoms with E-state index >= 15 is 0 Å². The predicted octanol–water partition coefficient (Wildman–Crippen LogP) is 6.71. The van der Waals surface area contributed by atoms with Crippen LogP contribution < -0.4 is 0 Å². The molecule has 0 bridgehead atoms. The smallest absolute Gasteiger partial charge is 0.266 e. The molecule has 1 heterocycles. The van der Waals surface area contributed by atoms with E-state index in [0.29, 0.717) is 26.7 Å². The van der Waals surface area contributed by atoms with Crippen LogP contribution in [0.5, 0.6) is 0 Å². The van der Waals surface area contributed by atoms with Gasteiger partial charge in [0.15, 0.2) is 5.17 Å². The number of aryl methyl sites for hydroxylation is 1. The lowest BCUT2D eigenvalue weighted by atomic mass is 10.2. The van der Waals surface area contributed by atoms with Gasteiger partial charge >= 0.3 is 0 Å². The second-order valence-corrected chi connectivity index (χ2v) is 8.17. The van der Waals surface area contributed by atoms with Gasteiger partial charge in [0.1, 0.15) is 0 Å². The monoisotopic (exact) mass is 418 g/mol. The summed E-state index contributed by atoms with van der Waals surface area (Å²) >= 11 is 13.6. The first-order chi connectivity index (χ1) is 13.0. The van der Waals surface area contributed by atoms with Crippen molar-refractivity contribution in [2.45, 2.75) is 26.7 Å². The Labute approximate surface area is 174 Å². The SMILES string of the molecule is CCCCN1C(=O)/C(=C\c2ccc(Cl)cc2Cl)SC1=Nc1ccc(C)cc1. The zero-order chi connectivity index (χ0) is 19.4. The van der Waals surface area contributed by atoms with Gasteiger partial charge < -0.3 is 0 Å². The van der Waals surface area contributed by atoms with Crippen molar-refractivity contribution in [3.05, 3.63) is 68.5 Å². The lowest BCUT2D eigenvalue weighted by molar-refractivity contribution is -0.122. The maximum Gasteiger partial charge on any atom is 0.266 e. The third kappa shape index (κ3) is 4.95. The summed E-state index contributed by atoms with van der Waals surface area (Å²) < 4.78 is 0. The van der Waals surface area contributed by atoms with E-state index in [-0.39, 0.29) is 5.91 Å². The van der Waals surface area contributed by atoms with Crippen LogP contribution >= 0.6 is 35.0 Å². The Morgan fingerprint density at radius 3 is 2.56 bits per heavy atom. The highest BCUT2D eigenvalue weighted by Crippen LogP contribution is 2.35.